The molecule has 2 aliphatic rings. The normalized spacial score (nSPS) is 29.0. The van der Waals surface area contributed by atoms with Crippen LogP contribution in [0.25, 0.3) is 0 Å². The molecule has 3 nitrogen and oxygen atoms in total. The topological polar surface area (TPSA) is 32.3 Å². The monoisotopic (exact) mass is 272 g/mol. The predicted molar refractivity (Wildman–Crippen MR) is 81.9 cm³/mol. The van der Waals surface area contributed by atoms with Crippen LogP contribution in [-0.4, -0.2) is 25.0 Å². The maximum absolute atomic E-state index is 13.3. The van der Waals surface area contributed by atoms with Crippen molar-refractivity contribution >= 4 is 11.6 Å². The van der Waals surface area contributed by atoms with Crippen molar-refractivity contribution in [3.8, 4) is 0 Å². The largest absolute Gasteiger partial charge is 0.316 e. The molecule has 2 atom stereocenters. The molecule has 3 heteroatoms. The molecule has 3 rings (SSSR count). The molecule has 0 saturated carbocycles. The van der Waals surface area contributed by atoms with Gasteiger partial charge in [0.05, 0.1) is 5.41 Å². The molecule has 20 heavy (non-hydrogen) atoms. The van der Waals surface area contributed by atoms with Crippen LogP contribution in [0.15, 0.2) is 24.3 Å². The van der Waals surface area contributed by atoms with E-state index in [1.165, 1.54) is 5.56 Å². The summed E-state index contributed by atoms with van der Waals surface area (Å²) in [5.74, 6) is 0.680. The lowest BCUT2D eigenvalue weighted by atomic mass is 9.75. The Kier molecular flexibility index (Phi) is 3.33. The molecule has 1 fully saturated rings. The molecule has 1 aromatic rings. The number of anilines is 1. The number of rotatable bonds is 2. The molecular weight excluding hydrogens is 248 g/mol. The molecular formula is C17H24N2O. The number of nitrogens with zero attached hydrogens (tertiary/aromatic N) is 1. The third kappa shape index (κ3) is 1.87. The van der Waals surface area contributed by atoms with E-state index in [1.807, 2.05) is 6.07 Å². The molecule has 1 N–H and O–H groups in total. The van der Waals surface area contributed by atoms with Gasteiger partial charge in [0, 0.05) is 18.3 Å². The number of para-hydroxylation sites is 1. The van der Waals surface area contributed by atoms with E-state index in [1.54, 1.807) is 0 Å². The van der Waals surface area contributed by atoms with Crippen LogP contribution in [0, 0.1) is 11.3 Å². The molecule has 0 spiro atoms. The summed E-state index contributed by atoms with van der Waals surface area (Å²) in [6, 6.07) is 8.61. The average molecular weight is 272 g/mol. The van der Waals surface area contributed by atoms with Crippen molar-refractivity contribution in [2.45, 2.75) is 39.7 Å². The number of fused-ring (bicyclic) bond motifs is 1. The quantitative estimate of drug-likeness (QED) is 0.897. The summed E-state index contributed by atoms with van der Waals surface area (Å²) in [5.41, 5.74) is 2.20. The predicted octanol–water partition coefficient (Wildman–Crippen LogP) is 2.60. The lowest BCUT2D eigenvalue weighted by Gasteiger charge is -2.37. The van der Waals surface area contributed by atoms with Crippen molar-refractivity contribution in [1.82, 2.24) is 5.32 Å². The Hall–Kier alpha value is -1.35. The summed E-state index contributed by atoms with van der Waals surface area (Å²) in [7, 11) is 0. The molecule has 1 aromatic carbocycles. The molecule has 2 unspecified atom stereocenters. The highest BCUT2D eigenvalue weighted by atomic mass is 16.2. The second kappa shape index (κ2) is 4.88. The van der Waals surface area contributed by atoms with E-state index in [4.69, 9.17) is 0 Å². The Bertz CT molecular complexity index is 517. The molecule has 2 aliphatic heterocycles. The van der Waals surface area contributed by atoms with Crippen LogP contribution >= 0.6 is 0 Å². The first-order valence-corrected chi connectivity index (χ1v) is 7.68. The van der Waals surface area contributed by atoms with E-state index >= 15 is 0 Å². The van der Waals surface area contributed by atoms with Gasteiger partial charge in [-0.15, -0.1) is 0 Å². The van der Waals surface area contributed by atoms with Crippen LogP contribution in [0.4, 0.5) is 5.69 Å². The molecule has 2 heterocycles. The zero-order valence-electron chi connectivity index (χ0n) is 12.6. The maximum Gasteiger partial charge on any atom is 0.235 e. The molecule has 0 aromatic heterocycles. The van der Waals surface area contributed by atoms with Gasteiger partial charge in [-0.05, 0) is 43.9 Å². The van der Waals surface area contributed by atoms with Gasteiger partial charge in [0.2, 0.25) is 5.91 Å². The van der Waals surface area contributed by atoms with E-state index < -0.39 is 0 Å². The Morgan fingerprint density at radius 3 is 2.80 bits per heavy atom. The zero-order valence-corrected chi connectivity index (χ0v) is 12.6. The highest BCUT2D eigenvalue weighted by molar-refractivity contribution is 6.00. The fourth-order valence-corrected chi connectivity index (χ4v) is 3.75. The Balaban J connectivity index is 1.98. The number of amides is 1. The van der Waals surface area contributed by atoms with Gasteiger partial charge in [0.25, 0.3) is 0 Å². The summed E-state index contributed by atoms with van der Waals surface area (Å²) in [6.45, 7) is 8.28. The van der Waals surface area contributed by atoms with Crippen molar-refractivity contribution < 1.29 is 4.79 Å². The van der Waals surface area contributed by atoms with Gasteiger partial charge in [0.1, 0.15) is 0 Å². The highest BCUT2D eigenvalue weighted by Crippen LogP contribution is 2.41. The first-order valence-electron chi connectivity index (χ1n) is 7.68. The molecule has 108 valence electrons. The number of carbonyl (C=O) groups is 1. The minimum atomic E-state index is -0.230. The van der Waals surface area contributed by atoms with Crippen molar-refractivity contribution in [3.05, 3.63) is 29.8 Å². The molecule has 0 aliphatic carbocycles. The number of hydrogen-bond acceptors (Lipinski definition) is 2. The van der Waals surface area contributed by atoms with Gasteiger partial charge in [-0.25, -0.2) is 0 Å². The molecule has 0 bridgehead atoms. The van der Waals surface area contributed by atoms with Crippen molar-refractivity contribution in [2.75, 3.05) is 18.0 Å². The van der Waals surface area contributed by atoms with Gasteiger partial charge < -0.3 is 10.2 Å². The maximum atomic E-state index is 13.3. The molecule has 0 radical (unpaired) electrons. The summed E-state index contributed by atoms with van der Waals surface area (Å²) in [6.07, 6.45) is 1.93. The van der Waals surface area contributed by atoms with E-state index in [-0.39, 0.29) is 11.5 Å². The van der Waals surface area contributed by atoms with E-state index in [0.717, 1.165) is 31.6 Å². The standard InChI is InChI=1S/C17H24N2O/c1-12(2)17(8-9-18-11-17)16(20)19-13(3)10-14-6-4-5-7-15(14)19/h4-7,12-13,18H,8-11H2,1-3H3. The SMILES string of the molecule is CC1Cc2ccccc2N1C(=O)C1(C(C)C)CCNC1. The summed E-state index contributed by atoms with van der Waals surface area (Å²) in [5, 5.41) is 3.39. The van der Waals surface area contributed by atoms with Crippen molar-refractivity contribution in [1.29, 1.82) is 0 Å². The fraction of sp³-hybridized carbons (Fsp3) is 0.588. The molecule has 1 amide bonds. The van der Waals surface area contributed by atoms with Crippen LogP contribution in [0.3, 0.4) is 0 Å². The second-order valence-corrected chi connectivity index (χ2v) is 6.59. The number of nitrogens with one attached hydrogen (secondary N) is 1. The first kappa shape index (κ1) is 13.6. The Morgan fingerprint density at radius 1 is 1.40 bits per heavy atom. The Labute approximate surface area is 121 Å². The fourth-order valence-electron chi connectivity index (χ4n) is 3.75. The van der Waals surface area contributed by atoms with Gasteiger partial charge >= 0.3 is 0 Å². The summed E-state index contributed by atoms with van der Waals surface area (Å²) < 4.78 is 0. The second-order valence-electron chi connectivity index (χ2n) is 6.59. The summed E-state index contributed by atoms with van der Waals surface area (Å²) >= 11 is 0. The van der Waals surface area contributed by atoms with Crippen LogP contribution in [0.2, 0.25) is 0 Å². The lowest BCUT2D eigenvalue weighted by Crippen LogP contribution is -2.50. The number of carbonyl (C=O) groups excluding carboxylic acids is 1. The van der Waals surface area contributed by atoms with Crippen molar-refractivity contribution in [2.24, 2.45) is 11.3 Å². The van der Waals surface area contributed by atoms with Crippen LogP contribution < -0.4 is 10.2 Å². The van der Waals surface area contributed by atoms with E-state index in [9.17, 15) is 4.79 Å². The van der Waals surface area contributed by atoms with E-state index in [2.05, 4.69) is 49.2 Å². The number of hydrogen-bond donors (Lipinski definition) is 1. The third-order valence-electron chi connectivity index (χ3n) is 5.15. The van der Waals surface area contributed by atoms with Gasteiger partial charge in [-0.3, -0.25) is 4.79 Å². The van der Waals surface area contributed by atoms with Crippen LogP contribution in [-0.2, 0) is 11.2 Å². The minimum absolute atomic E-state index is 0.230. The van der Waals surface area contributed by atoms with E-state index in [0.29, 0.717) is 11.8 Å². The van der Waals surface area contributed by atoms with Crippen molar-refractivity contribution in [3.63, 3.8) is 0 Å². The third-order valence-corrected chi connectivity index (χ3v) is 5.15. The minimum Gasteiger partial charge on any atom is -0.316 e. The van der Waals surface area contributed by atoms with Gasteiger partial charge in [-0.1, -0.05) is 32.0 Å². The first-order chi connectivity index (χ1) is 9.56. The summed E-state index contributed by atoms with van der Waals surface area (Å²) in [4.78, 5) is 15.3. The highest BCUT2D eigenvalue weighted by Gasteiger charge is 2.48. The van der Waals surface area contributed by atoms with Gasteiger partial charge in [-0.2, -0.15) is 0 Å². The molecule has 1 saturated heterocycles. The van der Waals surface area contributed by atoms with Crippen LogP contribution in [0.5, 0.6) is 0 Å². The van der Waals surface area contributed by atoms with Crippen LogP contribution in [0.1, 0.15) is 32.8 Å². The lowest BCUT2D eigenvalue weighted by molar-refractivity contribution is -0.129. The smallest absolute Gasteiger partial charge is 0.235 e. The van der Waals surface area contributed by atoms with Gasteiger partial charge in [0.15, 0.2) is 0 Å². The number of benzene rings is 1. The average Bonchev–Trinajstić information content (AvgIpc) is 3.02. The Morgan fingerprint density at radius 2 is 2.15 bits per heavy atom. The zero-order chi connectivity index (χ0) is 14.3.